The van der Waals surface area contributed by atoms with Crippen LogP contribution < -0.4 is 5.32 Å². The number of anilines is 1. The fraction of sp³-hybridized carbons (Fsp3) is 0.429. The van der Waals surface area contributed by atoms with E-state index < -0.39 is 5.97 Å². The van der Waals surface area contributed by atoms with Crippen molar-refractivity contribution in [3.05, 3.63) is 24.3 Å². The number of aliphatic carboxylic acids is 1. The number of para-hydroxylation sites is 1. The predicted molar refractivity (Wildman–Crippen MR) is 78.7 cm³/mol. The average molecular weight is 278 g/mol. The summed E-state index contributed by atoms with van der Waals surface area (Å²) in [4.78, 5) is 15.6. The molecule has 19 heavy (non-hydrogen) atoms. The van der Waals surface area contributed by atoms with E-state index in [0.717, 1.165) is 15.3 Å². The van der Waals surface area contributed by atoms with Gasteiger partial charge in [0, 0.05) is 6.54 Å². The third kappa shape index (κ3) is 3.67. The Morgan fingerprint density at radius 2 is 2.16 bits per heavy atom. The number of hydrogen-bond acceptors (Lipinski definition) is 4. The minimum Gasteiger partial charge on any atom is -0.481 e. The molecule has 2 aromatic rings. The van der Waals surface area contributed by atoms with Crippen molar-refractivity contribution in [3.8, 4) is 0 Å². The van der Waals surface area contributed by atoms with Gasteiger partial charge in [-0.25, -0.2) is 4.98 Å². The second-order valence-corrected chi connectivity index (χ2v) is 6.06. The van der Waals surface area contributed by atoms with Gasteiger partial charge < -0.3 is 10.4 Å². The SMILES string of the molecule is CC(C)CC(CNc1nc2ccccc2s1)C(=O)O. The summed E-state index contributed by atoms with van der Waals surface area (Å²) in [6, 6.07) is 7.90. The Balaban J connectivity index is 2.02. The van der Waals surface area contributed by atoms with Gasteiger partial charge in [-0.05, 0) is 24.5 Å². The molecule has 5 heteroatoms. The molecule has 1 unspecified atom stereocenters. The molecule has 0 fully saturated rings. The Labute approximate surface area is 116 Å². The van der Waals surface area contributed by atoms with Crippen LogP contribution in [0.2, 0.25) is 0 Å². The number of carboxylic acids is 1. The van der Waals surface area contributed by atoms with Crippen LogP contribution in [-0.4, -0.2) is 22.6 Å². The van der Waals surface area contributed by atoms with Crippen molar-refractivity contribution >= 4 is 32.7 Å². The average Bonchev–Trinajstić information content (AvgIpc) is 2.76. The summed E-state index contributed by atoms with van der Waals surface area (Å²) in [6.45, 7) is 4.49. The fourth-order valence-electron chi connectivity index (χ4n) is 2.00. The van der Waals surface area contributed by atoms with Crippen LogP contribution in [0.5, 0.6) is 0 Å². The van der Waals surface area contributed by atoms with Gasteiger partial charge in [-0.1, -0.05) is 37.3 Å². The normalized spacial score (nSPS) is 12.8. The number of nitrogens with one attached hydrogen (secondary N) is 1. The van der Waals surface area contributed by atoms with Gasteiger partial charge in [-0.3, -0.25) is 4.79 Å². The van der Waals surface area contributed by atoms with Gasteiger partial charge in [-0.2, -0.15) is 0 Å². The van der Waals surface area contributed by atoms with E-state index in [-0.39, 0.29) is 5.92 Å². The van der Waals surface area contributed by atoms with Crippen molar-refractivity contribution < 1.29 is 9.90 Å². The lowest BCUT2D eigenvalue weighted by atomic mass is 9.97. The van der Waals surface area contributed by atoms with Crippen molar-refractivity contribution in [3.63, 3.8) is 0 Å². The van der Waals surface area contributed by atoms with Crippen LogP contribution in [0.15, 0.2) is 24.3 Å². The zero-order chi connectivity index (χ0) is 13.8. The molecule has 0 aliphatic rings. The second kappa shape index (κ2) is 6.02. The molecule has 0 aliphatic heterocycles. The number of carboxylic acid groups (broad SMARTS) is 1. The number of fused-ring (bicyclic) bond motifs is 1. The van der Waals surface area contributed by atoms with Crippen LogP contribution in [0.4, 0.5) is 5.13 Å². The van der Waals surface area contributed by atoms with E-state index in [1.54, 1.807) is 11.3 Å². The van der Waals surface area contributed by atoms with Gasteiger partial charge in [0.2, 0.25) is 0 Å². The maximum absolute atomic E-state index is 11.2. The molecule has 0 saturated heterocycles. The summed E-state index contributed by atoms with van der Waals surface area (Å²) in [7, 11) is 0. The first-order valence-electron chi connectivity index (χ1n) is 6.38. The molecule has 1 atom stereocenters. The molecule has 2 rings (SSSR count). The van der Waals surface area contributed by atoms with E-state index >= 15 is 0 Å². The molecule has 2 N–H and O–H groups in total. The first kappa shape index (κ1) is 13.8. The smallest absolute Gasteiger partial charge is 0.308 e. The number of thiazole rings is 1. The molecule has 0 radical (unpaired) electrons. The second-order valence-electron chi connectivity index (χ2n) is 5.03. The Morgan fingerprint density at radius 3 is 2.79 bits per heavy atom. The zero-order valence-electron chi connectivity index (χ0n) is 11.1. The quantitative estimate of drug-likeness (QED) is 0.849. The summed E-state index contributed by atoms with van der Waals surface area (Å²) >= 11 is 1.55. The lowest BCUT2D eigenvalue weighted by Gasteiger charge is -2.14. The van der Waals surface area contributed by atoms with Gasteiger partial charge in [0.25, 0.3) is 0 Å². The largest absolute Gasteiger partial charge is 0.481 e. The Morgan fingerprint density at radius 1 is 1.42 bits per heavy atom. The maximum Gasteiger partial charge on any atom is 0.308 e. The number of benzene rings is 1. The van der Waals surface area contributed by atoms with Crippen LogP contribution in [0, 0.1) is 11.8 Å². The van der Waals surface area contributed by atoms with Crippen LogP contribution in [0.1, 0.15) is 20.3 Å². The van der Waals surface area contributed by atoms with Crippen LogP contribution in [0.25, 0.3) is 10.2 Å². The summed E-state index contributed by atoms with van der Waals surface area (Å²) in [5, 5.41) is 13.1. The highest BCUT2D eigenvalue weighted by atomic mass is 32.1. The number of carbonyl (C=O) groups is 1. The third-order valence-corrected chi connectivity index (χ3v) is 3.89. The zero-order valence-corrected chi connectivity index (χ0v) is 11.9. The van der Waals surface area contributed by atoms with E-state index in [9.17, 15) is 9.90 Å². The number of nitrogens with zero attached hydrogens (tertiary/aromatic N) is 1. The fourth-order valence-corrected chi connectivity index (χ4v) is 2.87. The van der Waals surface area contributed by atoms with Crippen molar-refractivity contribution in [2.24, 2.45) is 11.8 Å². The molecule has 0 saturated carbocycles. The van der Waals surface area contributed by atoms with Gasteiger partial charge in [-0.15, -0.1) is 0 Å². The number of hydrogen-bond donors (Lipinski definition) is 2. The summed E-state index contributed by atoms with van der Waals surface area (Å²) < 4.78 is 1.11. The van der Waals surface area contributed by atoms with Gasteiger partial charge in [0.15, 0.2) is 5.13 Å². The van der Waals surface area contributed by atoms with Crippen molar-refractivity contribution in [2.75, 3.05) is 11.9 Å². The van der Waals surface area contributed by atoms with Crippen LogP contribution >= 0.6 is 11.3 Å². The third-order valence-electron chi connectivity index (χ3n) is 2.90. The molecule has 1 aromatic heterocycles. The van der Waals surface area contributed by atoms with Gasteiger partial charge >= 0.3 is 5.97 Å². The molecule has 0 bridgehead atoms. The first-order valence-corrected chi connectivity index (χ1v) is 7.20. The highest BCUT2D eigenvalue weighted by molar-refractivity contribution is 7.22. The Kier molecular flexibility index (Phi) is 4.37. The van der Waals surface area contributed by atoms with E-state index in [4.69, 9.17) is 0 Å². The number of aromatic nitrogens is 1. The Bertz CT molecular complexity index is 532. The maximum atomic E-state index is 11.2. The van der Waals surface area contributed by atoms with E-state index in [1.807, 2.05) is 38.1 Å². The van der Waals surface area contributed by atoms with Crippen molar-refractivity contribution in [2.45, 2.75) is 20.3 Å². The molecular formula is C14H18N2O2S. The highest BCUT2D eigenvalue weighted by Gasteiger charge is 2.19. The molecule has 0 amide bonds. The molecule has 1 aromatic carbocycles. The Hall–Kier alpha value is -1.62. The van der Waals surface area contributed by atoms with Crippen LogP contribution in [-0.2, 0) is 4.79 Å². The first-order chi connectivity index (χ1) is 9.06. The number of rotatable bonds is 6. The summed E-state index contributed by atoms with van der Waals surface area (Å²) in [6.07, 6.45) is 0.674. The van der Waals surface area contributed by atoms with Crippen molar-refractivity contribution in [1.82, 2.24) is 4.98 Å². The van der Waals surface area contributed by atoms with Crippen molar-refractivity contribution in [1.29, 1.82) is 0 Å². The molecule has 4 nitrogen and oxygen atoms in total. The molecule has 102 valence electrons. The lowest BCUT2D eigenvalue weighted by molar-refractivity contribution is -0.141. The minimum atomic E-state index is -0.748. The van der Waals surface area contributed by atoms with E-state index in [2.05, 4.69) is 10.3 Å². The van der Waals surface area contributed by atoms with Gasteiger partial charge in [0.05, 0.1) is 16.1 Å². The van der Waals surface area contributed by atoms with Gasteiger partial charge in [0.1, 0.15) is 0 Å². The minimum absolute atomic E-state index is 0.369. The topological polar surface area (TPSA) is 62.2 Å². The van der Waals surface area contributed by atoms with Crippen LogP contribution in [0.3, 0.4) is 0 Å². The highest BCUT2D eigenvalue weighted by Crippen LogP contribution is 2.25. The monoisotopic (exact) mass is 278 g/mol. The molecule has 0 aliphatic carbocycles. The van der Waals surface area contributed by atoms with E-state index in [1.165, 1.54) is 0 Å². The summed E-state index contributed by atoms with van der Waals surface area (Å²) in [5.74, 6) is -0.743. The lowest BCUT2D eigenvalue weighted by Crippen LogP contribution is -2.24. The summed E-state index contributed by atoms with van der Waals surface area (Å²) in [5.41, 5.74) is 0.950. The molecule has 1 heterocycles. The van der Waals surface area contributed by atoms with E-state index in [0.29, 0.717) is 18.9 Å². The molecular weight excluding hydrogens is 260 g/mol. The molecule has 0 spiro atoms. The predicted octanol–water partition coefficient (Wildman–Crippen LogP) is 3.46. The standard InChI is InChI=1S/C14H18N2O2S/c1-9(2)7-10(13(17)18)8-15-14-16-11-5-3-4-6-12(11)19-14/h3-6,9-10H,7-8H2,1-2H3,(H,15,16)(H,17,18).